The third-order valence-corrected chi connectivity index (χ3v) is 3.89. The summed E-state index contributed by atoms with van der Waals surface area (Å²) >= 11 is 1.26. The lowest BCUT2D eigenvalue weighted by Crippen LogP contribution is -2.14. The maximum Gasteiger partial charge on any atom is 0.268 e. The number of nitrogens with zero attached hydrogens (tertiary/aromatic N) is 3. The Kier molecular flexibility index (Phi) is 4.62. The number of aliphatic hydroxyl groups excluding tert-OH is 1. The van der Waals surface area contributed by atoms with Crippen LogP contribution in [0.2, 0.25) is 0 Å². The van der Waals surface area contributed by atoms with Gasteiger partial charge >= 0.3 is 0 Å². The average molecular weight is 302 g/mol. The molecule has 0 aliphatic heterocycles. The summed E-state index contributed by atoms with van der Waals surface area (Å²) < 4.78 is 0. The maximum atomic E-state index is 12.1. The molecule has 0 fully saturated rings. The molecule has 6 nitrogen and oxygen atoms in total. The van der Waals surface area contributed by atoms with Gasteiger partial charge in [0.25, 0.3) is 5.91 Å². The molecule has 0 spiro atoms. The first kappa shape index (κ1) is 15.1. The van der Waals surface area contributed by atoms with Crippen LogP contribution in [0.4, 0.5) is 5.95 Å². The molecule has 0 unspecified atom stereocenters. The number of carbonyl (C=O) groups is 1. The van der Waals surface area contributed by atoms with E-state index in [1.54, 1.807) is 19.9 Å². The molecule has 108 valence electrons. The molecule has 0 aliphatic carbocycles. The number of aliphatic hydroxyl groups is 1. The van der Waals surface area contributed by atoms with E-state index in [0.717, 1.165) is 21.8 Å². The maximum absolute atomic E-state index is 12.1. The summed E-state index contributed by atoms with van der Waals surface area (Å²) in [5, 5.41) is 19.1. The Balaban J connectivity index is 2.18. The summed E-state index contributed by atoms with van der Waals surface area (Å²) in [7, 11) is 0. The molecule has 7 heteroatoms. The highest BCUT2D eigenvalue weighted by Crippen LogP contribution is 2.21. The van der Waals surface area contributed by atoms with E-state index in [1.807, 2.05) is 6.92 Å². The van der Waals surface area contributed by atoms with E-state index in [-0.39, 0.29) is 18.5 Å². The van der Waals surface area contributed by atoms with Gasteiger partial charge in [-0.05, 0) is 32.4 Å². The van der Waals surface area contributed by atoms with Crippen molar-refractivity contribution in [2.45, 2.75) is 20.8 Å². The Bertz CT molecular complexity index is 743. The van der Waals surface area contributed by atoms with E-state index in [0.29, 0.717) is 4.88 Å². The highest BCUT2D eigenvalue weighted by Gasteiger charge is 2.13. The zero-order chi connectivity index (χ0) is 15.4. The van der Waals surface area contributed by atoms with Crippen molar-refractivity contribution in [2.24, 2.45) is 0 Å². The van der Waals surface area contributed by atoms with Gasteiger partial charge in [0.2, 0.25) is 5.95 Å². The van der Waals surface area contributed by atoms with Crippen LogP contribution in [0.5, 0.6) is 0 Å². The second-order valence-electron chi connectivity index (χ2n) is 4.34. The fourth-order valence-electron chi connectivity index (χ4n) is 1.51. The first-order valence-electron chi connectivity index (χ1n) is 6.20. The molecule has 2 aromatic rings. The van der Waals surface area contributed by atoms with Gasteiger partial charge in [-0.25, -0.2) is 4.98 Å². The van der Waals surface area contributed by atoms with Crippen LogP contribution >= 0.6 is 11.3 Å². The summed E-state index contributed by atoms with van der Waals surface area (Å²) in [6, 6.07) is 1.75. The molecule has 0 saturated carbocycles. The molecule has 0 radical (unpaired) electrons. The molecule has 0 aliphatic rings. The van der Waals surface area contributed by atoms with Crippen molar-refractivity contribution < 1.29 is 9.90 Å². The van der Waals surface area contributed by atoms with Crippen molar-refractivity contribution >= 4 is 23.2 Å². The molecule has 2 N–H and O–H groups in total. The van der Waals surface area contributed by atoms with Crippen LogP contribution in [-0.4, -0.2) is 32.8 Å². The van der Waals surface area contributed by atoms with Crippen LogP contribution in [0, 0.1) is 32.6 Å². The Hall–Kier alpha value is -2.30. The van der Waals surface area contributed by atoms with E-state index in [1.165, 1.54) is 11.3 Å². The topological polar surface area (TPSA) is 88.0 Å². The van der Waals surface area contributed by atoms with Gasteiger partial charge in [0.05, 0.1) is 21.1 Å². The fourth-order valence-corrected chi connectivity index (χ4v) is 2.45. The van der Waals surface area contributed by atoms with Crippen LogP contribution in [0.15, 0.2) is 6.07 Å². The van der Waals surface area contributed by atoms with E-state index >= 15 is 0 Å². The minimum atomic E-state index is -0.301. The summed E-state index contributed by atoms with van der Waals surface area (Å²) in [5.74, 6) is 5.26. The number of aryl methyl sites for hydroxylation is 3. The van der Waals surface area contributed by atoms with Gasteiger partial charge in [-0.3, -0.25) is 10.1 Å². The third kappa shape index (κ3) is 3.62. The smallest absolute Gasteiger partial charge is 0.268 e. The van der Waals surface area contributed by atoms with Gasteiger partial charge < -0.3 is 5.11 Å². The normalized spacial score (nSPS) is 9.90. The van der Waals surface area contributed by atoms with E-state index in [9.17, 15) is 4.79 Å². The van der Waals surface area contributed by atoms with Gasteiger partial charge in [0.1, 0.15) is 6.61 Å². The number of aromatic nitrogens is 3. The van der Waals surface area contributed by atoms with Crippen molar-refractivity contribution in [1.29, 1.82) is 0 Å². The van der Waals surface area contributed by atoms with E-state index < -0.39 is 0 Å². The lowest BCUT2D eigenvalue weighted by atomic mass is 10.2. The molecular formula is C14H14N4O2S. The summed E-state index contributed by atoms with van der Waals surface area (Å²) in [5.41, 5.74) is 2.34. The molecular weight excluding hydrogens is 288 g/mol. The molecule has 0 saturated heterocycles. The number of anilines is 1. The predicted octanol–water partition coefficient (Wildman–Crippen LogP) is 1.45. The van der Waals surface area contributed by atoms with Crippen LogP contribution < -0.4 is 5.32 Å². The van der Waals surface area contributed by atoms with Crippen LogP contribution in [-0.2, 0) is 0 Å². The largest absolute Gasteiger partial charge is 0.384 e. The Morgan fingerprint density at radius 3 is 2.76 bits per heavy atom. The second kappa shape index (κ2) is 6.43. The van der Waals surface area contributed by atoms with Crippen molar-refractivity contribution in [3.63, 3.8) is 0 Å². The van der Waals surface area contributed by atoms with Gasteiger partial charge in [0.15, 0.2) is 0 Å². The number of hydrogen-bond acceptors (Lipinski definition) is 6. The lowest BCUT2D eigenvalue weighted by molar-refractivity contribution is 0.102. The van der Waals surface area contributed by atoms with Crippen LogP contribution in [0.25, 0.3) is 0 Å². The number of rotatable bonds is 2. The summed E-state index contributed by atoms with van der Waals surface area (Å²) in [6.45, 7) is 5.26. The van der Waals surface area contributed by atoms with E-state index in [2.05, 4.69) is 32.3 Å². The Morgan fingerprint density at radius 2 is 2.10 bits per heavy atom. The number of hydrogen-bond donors (Lipinski definition) is 2. The summed E-state index contributed by atoms with van der Waals surface area (Å²) in [6.07, 6.45) is 0. The fraction of sp³-hybridized carbons (Fsp3) is 0.286. The third-order valence-electron chi connectivity index (χ3n) is 2.74. The Morgan fingerprint density at radius 1 is 1.33 bits per heavy atom. The van der Waals surface area contributed by atoms with Crippen molar-refractivity contribution in [2.75, 3.05) is 11.9 Å². The monoisotopic (exact) mass is 302 g/mol. The molecule has 0 bridgehead atoms. The highest BCUT2D eigenvalue weighted by molar-refractivity contribution is 7.14. The molecule has 0 aromatic carbocycles. The van der Waals surface area contributed by atoms with Gasteiger partial charge in [-0.15, -0.1) is 16.4 Å². The van der Waals surface area contributed by atoms with Gasteiger partial charge in [0, 0.05) is 0 Å². The molecule has 2 rings (SSSR count). The Labute approximate surface area is 126 Å². The zero-order valence-corrected chi connectivity index (χ0v) is 12.7. The minimum Gasteiger partial charge on any atom is -0.384 e. The van der Waals surface area contributed by atoms with Crippen molar-refractivity contribution in [1.82, 2.24) is 15.2 Å². The number of carbonyl (C=O) groups excluding carboxylic acids is 1. The van der Waals surface area contributed by atoms with Gasteiger partial charge in [-0.1, -0.05) is 11.8 Å². The first-order valence-corrected chi connectivity index (χ1v) is 7.02. The minimum absolute atomic E-state index is 0.178. The van der Waals surface area contributed by atoms with Crippen molar-refractivity contribution in [3.8, 4) is 11.8 Å². The summed E-state index contributed by atoms with van der Waals surface area (Å²) in [4.78, 5) is 17.6. The van der Waals surface area contributed by atoms with Gasteiger partial charge in [-0.2, -0.15) is 5.10 Å². The van der Waals surface area contributed by atoms with Crippen molar-refractivity contribution in [3.05, 3.63) is 32.8 Å². The quantitative estimate of drug-likeness (QED) is 0.820. The number of nitrogens with one attached hydrogen (secondary N) is 1. The molecule has 2 aromatic heterocycles. The van der Waals surface area contributed by atoms with Crippen LogP contribution in [0.3, 0.4) is 0 Å². The average Bonchev–Trinajstić information content (AvgIpc) is 2.82. The highest BCUT2D eigenvalue weighted by atomic mass is 32.1. The standard InChI is InChI=1S/C14H14N4O2S/c1-8-7-12(21-11(8)5-4-6-19)13(20)16-14-15-9(2)10(3)17-18-14/h7,19H,6H2,1-3H3,(H,15,16,18,20). The lowest BCUT2D eigenvalue weighted by Gasteiger charge is -2.02. The SMILES string of the molecule is Cc1cc(C(=O)Nc2nnc(C)c(C)n2)sc1C#CCO. The molecule has 0 atom stereocenters. The van der Waals surface area contributed by atoms with E-state index in [4.69, 9.17) is 5.11 Å². The predicted molar refractivity (Wildman–Crippen MR) is 80.3 cm³/mol. The zero-order valence-electron chi connectivity index (χ0n) is 11.9. The van der Waals surface area contributed by atoms with Crippen LogP contribution in [0.1, 0.15) is 31.5 Å². The molecule has 1 amide bonds. The second-order valence-corrected chi connectivity index (χ2v) is 5.40. The number of thiophene rings is 1. The molecule has 21 heavy (non-hydrogen) atoms. The molecule has 2 heterocycles. The first-order chi connectivity index (χ1) is 10.0. The number of amides is 1.